The van der Waals surface area contributed by atoms with Crippen LogP contribution in [0.3, 0.4) is 0 Å². The summed E-state index contributed by atoms with van der Waals surface area (Å²) in [5.41, 5.74) is 10.0. The first-order chi connectivity index (χ1) is 52.0. The number of carbonyl (C=O) groups excluding carboxylic acids is 9. The Morgan fingerprint density at radius 2 is 0.678 bits per heavy atom. The lowest BCUT2D eigenvalue weighted by Crippen LogP contribution is -2.52. The standard InChI is InChI=1S/2C14H28N2O2S.5C14H29NO/c1-13(2,3)11(17)9-19-8-10(12(15)18)16(7)14(4,5)6;1-13(2,3)11(17)9-19-8-7-10(12(15)18)16-14(4,5)6;1-11(8-9-15-14(5,6)7)10-12(16)13(2,3)4;2*1-13(2,3)12(16)10-8-9-11-15(7)14(4,5)6;1-11(12(16)13(2,3)4)9-8-10-15-14(5,6)7;1-11(15-14(5,6)7)9-8-10-12(16)13(2,3)4/h10H,8-9H2,1-7H3,(H2,15,18);10,16H,7-9H2,1-6H3,(H2,15,18);11,15H,8-10H2,1-7H3;2*8-11H2,1-7H3;2*11,15H,8-10H2,1-7H3/t2*10-;;;;;/m11...../s1. The van der Waals surface area contributed by atoms with E-state index in [2.05, 4.69) is 163 Å². The van der Waals surface area contributed by atoms with Gasteiger partial charge in [-0.05, 0) is 276 Å². The number of rotatable bonds is 38. The first-order valence-electron chi connectivity index (χ1n) is 44.7. The van der Waals surface area contributed by atoms with E-state index in [0.29, 0.717) is 77.4 Å². The van der Waals surface area contributed by atoms with Crippen molar-refractivity contribution in [3.8, 4) is 0 Å². The molecule has 0 aliphatic heterocycles. The van der Waals surface area contributed by atoms with Crippen molar-refractivity contribution >= 4 is 75.8 Å². The number of nitrogens with zero attached hydrogens (tertiary/aromatic N) is 3. The van der Waals surface area contributed by atoms with Gasteiger partial charge in [0.15, 0.2) is 0 Å². The molecule has 0 aliphatic rings. The van der Waals surface area contributed by atoms with E-state index >= 15 is 0 Å². The molecule has 2 amide bonds. The van der Waals surface area contributed by atoms with Crippen LogP contribution in [0.1, 0.15) is 401 Å². The number of primary amides is 2. The summed E-state index contributed by atoms with van der Waals surface area (Å²) >= 11 is 3.04. The number of carbonyl (C=O) groups is 9. The van der Waals surface area contributed by atoms with Gasteiger partial charge < -0.3 is 42.5 Å². The molecule has 5 atom stereocenters. The van der Waals surface area contributed by atoms with Gasteiger partial charge in [0.1, 0.15) is 40.5 Å². The van der Waals surface area contributed by atoms with Crippen LogP contribution >= 0.6 is 23.5 Å². The molecule has 0 fully saturated rings. The fourth-order valence-electron chi connectivity index (χ4n) is 10.3. The van der Waals surface area contributed by atoms with Crippen molar-refractivity contribution in [2.24, 2.45) is 61.2 Å². The van der Waals surface area contributed by atoms with Crippen molar-refractivity contribution in [3.05, 3.63) is 0 Å². The number of thioether (sulfide) groups is 2. The Balaban J connectivity index is -0.000000244. The fourth-order valence-corrected chi connectivity index (χ4v) is 12.8. The average molecular weight is 1710 g/mol. The highest BCUT2D eigenvalue weighted by atomic mass is 32.2. The first-order valence-corrected chi connectivity index (χ1v) is 47.0. The lowest BCUT2D eigenvalue weighted by molar-refractivity contribution is -0.130. The molecule has 0 aromatic heterocycles. The van der Waals surface area contributed by atoms with Gasteiger partial charge in [-0.3, -0.25) is 48.1 Å². The molecule has 0 heterocycles. The molecule has 0 bridgehead atoms. The predicted octanol–water partition coefficient (Wildman–Crippen LogP) is 21.3. The second-order valence-electron chi connectivity index (χ2n) is 47.8. The van der Waals surface area contributed by atoms with Gasteiger partial charge in [-0.2, -0.15) is 23.5 Å². The van der Waals surface area contributed by atoms with Crippen molar-refractivity contribution in [2.45, 2.75) is 458 Å². The minimum atomic E-state index is -0.349. The molecule has 0 aromatic rings. The van der Waals surface area contributed by atoms with E-state index in [1.807, 2.05) is 206 Å². The summed E-state index contributed by atoms with van der Waals surface area (Å²) in [6, 6.07) is -0.206. The van der Waals surface area contributed by atoms with E-state index < -0.39 is 0 Å². The Morgan fingerprint density at radius 3 is 0.975 bits per heavy atom. The number of ketones is 7. The highest BCUT2D eigenvalue weighted by molar-refractivity contribution is 8.00. The molecule has 0 saturated carbocycles. The summed E-state index contributed by atoms with van der Waals surface area (Å²) in [5.74, 6) is 4.50. The van der Waals surface area contributed by atoms with E-state index in [4.69, 9.17) is 11.5 Å². The molecule has 20 heteroatoms. The minimum Gasteiger partial charge on any atom is -0.368 e. The molecule has 0 radical (unpaired) electrons. The molecule has 3 unspecified atom stereocenters. The Bertz CT molecular complexity index is 2760. The number of hydrogen-bond donors (Lipinski definition) is 6. The fraction of sp³-hybridized carbons (Fsp3) is 0.908. The quantitative estimate of drug-likeness (QED) is 0.0314. The zero-order valence-corrected chi connectivity index (χ0v) is 88.6. The third kappa shape index (κ3) is 77.8. The van der Waals surface area contributed by atoms with Crippen LogP contribution < -0.4 is 32.7 Å². The summed E-state index contributed by atoms with van der Waals surface area (Å²) in [4.78, 5) is 112. The molecular weight excluding hydrogens is 1510 g/mol. The summed E-state index contributed by atoms with van der Waals surface area (Å²) < 4.78 is 0. The molecule has 8 N–H and O–H groups in total. The maximum atomic E-state index is 11.9. The van der Waals surface area contributed by atoms with Crippen LogP contribution in [0, 0.1) is 49.7 Å². The van der Waals surface area contributed by atoms with Gasteiger partial charge in [0, 0.05) is 120 Å². The third-order valence-electron chi connectivity index (χ3n) is 19.9. The number of nitrogens with one attached hydrogen (secondary N) is 4. The van der Waals surface area contributed by atoms with Crippen LogP contribution in [0.4, 0.5) is 0 Å². The lowest BCUT2D eigenvalue weighted by atomic mass is 9.82. The van der Waals surface area contributed by atoms with Crippen LogP contribution in [0.25, 0.3) is 0 Å². The van der Waals surface area contributed by atoms with Gasteiger partial charge >= 0.3 is 0 Å². The van der Waals surface area contributed by atoms with E-state index in [9.17, 15) is 43.2 Å². The maximum Gasteiger partial charge on any atom is 0.235 e. The summed E-state index contributed by atoms with van der Waals surface area (Å²) in [5, 5.41) is 13.6. The highest BCUT2D eigenvalue weighted by Crippen LogP contribution is 2.28. The zero-order valence-electron chi connectivity index (χ0n) is 86.9. The van der Waals surface area contributed by atoms with Gasteiger partial charge in [-0.1, -0.05) is 159 Å². The second kappa shape index (κ2) is 56.9. The summed E-state index contributed by atoms with van der Waals surface area (Å²) in [6.45, 7) is 96.8. The molecule has 0 spiro atoms. The van der Waals surface area contributed by atoms with Crippen molar-refractivity contribution < 1.29 is 43.2 Å². The van der Waals surface area contributed by atoms with Crippen LogP contribution in [-0.2, 0) is 43.2 Å². The molecule has 0 aromatic carbocycles. The number of nitrogens with two attached hydrogens (primary N) is 2. The van der Waals surface area contributed by atoms with Gasteiger partial charge in [-0.15, -0.1) is 0 Å². The number of hydrogen-bond acceptors (Lipinski definition) is 18. The SMILES string of the molecule is CC(C)(C)N[C@H](CCSCC(=O)C(C)(C)C)C(N)=O.CC(CCCC(=O)C(C)(C)C)NC(C)(C)C.CC(CCCNC(C)(C)C)C(=O)C(C)(C)C.CC(CCNC(C)(C)C)CC(=O)C(C)(C)C.CN(CCCCC(=O)C(C)(C)C)C(C)(C)C.CN(CCCCC(=O)C(C)(C)C)C(C)(C)C.CN([C@H](CSCC(=O)C(C)(C)C)C(N)=O)C(C)(C)C. The van der Waals surface area contributed by atoms with Crippen LogP contribution in [0.15, 0.2) is 0 Å². The van der Waals surface area contributed by atoms with E-state index in [1.165, 1.54) is 11.8 Å². The first kappa shape index (κ1) is 128. The maximum absolute atomic E-state index is 11.9. The molecular formula is C98H201N9O9S2. The van der Waals surface area contributed by atoms with Crippen molar-refractivity contribution in [2.75, 3.05) is 70.3 Å². The van der Waals surface area contributed by atoms with Crippen LogP contribution in [0.5, 0.6) is 0 Å². The predicted molar refractivity (Wildman–Crippen MR) is 518 cm³/mol. The average Bonchev–Trinajstić information content (AvgIpc) is 0.853. The largest absolute Gasteiger partial charge is 0.368 e. The Labute approximate surface area is 740 Å². The summed E-state index contributed by atoms with van der Waals surface area (Å²) in [6.07, 6.45) is 12.9. The second-order valence-corrected chi connectivity index (χ2v) is 50.0. The Kier molecular flexibility index (Phi) is 61.8. The van der Waals surface area contributed by atoms with Crippen LogP contribution in [-0.4, -0.2) is 194 Å². The van der Waals surface area contributed by atoms with E-state index in [1.54, 1.807) is 11.8 Å². The van der Waals surface area contributed by atoms with E-state index in [0.717, 1.165) is 103 Å². The monoisotopic (exact) mass is 1710 g/mol. The van der Waals surface area contributed by atoms with Gasteiger partial charge in [-0.25, -0.2) is 0 Å². The number of Topliss-reactive ketones (excluding diaryl/α,β-unsaturated/α-hetero) is 7. The molecule has 0 aliphatic carbocycles. The topological polar surface area (TPSA) is 264 Å². The smallest absolute Gasteiger partial charge is 0.235 e. The molecule has 704 valence electrons. The minimum absolute atomic E-state index is 0.131. The summed E-state index contributed by atoms with van der Waals surface area (Å²) in [7, 11) is 6.18. The highest BCUT2D eigenvalue weighted by Gasteiger charge is 2.33. The van der Waals surface area contributed by atoms with Crippen LogP contribution in [0.2, 0.25) is 0 Å². The molecule has 118 heavy (non-hydrogen) atoms. The Morgan fingerprint density at radius 1 is 0.339 bits per heavy atom. The number of unbranched alkanes of at least 4 members (excludes halogenated alkanes) is 2. The zero-order chi connectivity index (χ0) is 95.6. The molecule has 18 nitrogen and oxygen atoms in total. The van der Waals surface area contributed by atoms with E-state index in [-0.39, 0.29) is 118 Å². The lowest BCUT2D eigenvalue weighted by Gasteiger charge is -2.37. The van der Waals surface area contributed by atoms with Crippen molar-refractivity contribution in [1.29, 1.82) is 0 Å². The van der Waals surface area contributed by atoms with Crippen molar-refractivity contribution in [1.82, 2.24) is 36.0 Å². The van der Waals surface area contributed by atoms with Gasteiger partial charge in [0.2, 0.25) is 11.8 Å². The van der Waals surface area contributed by atoms with Gasteiger partial charge in [0.25, 0.3) is 0 Å². The molecule has 0 rings (SSSR count). The normalized spacial score (nSPS) is 14.3. The number of amides is 2. The number of likely N-dealkylation sites (N-methyl/N-ethyl adjacent to an activating group) is 1. The van der Waals surface area contributed by atoms with Crippen molar-refractivity contribution in [3.63, 3.8) is 0 Å². The third-order valence-corrected chi connectivity index (χ3v) is 21.9. The van der Waals surface area contributed by atoms with Gasteiger partial charge in [0.05, 0.1) is 23.6 Å². The Hall–Kier alpha value is -2.95. The molecule has 0 saturated heterocycles.